The van der Waals surface area contributed by atoms with E-state index in [9.17, 15) is 0 Å². The van der Waals surface area contributed by atoms with Crippen LogP contribution in [0.5, 0.6) is 0 Å². The maximum Gasteiger partial charge on any atom is 0.225 e. The normalized spacial score (nSPS) is 17.9. The summed E-state index contributed by atoms with van der Waals surface area (Å²) in [6.07, 6.45) is 8.26. The van der Waals surface area contributed by atoms with Crippen LogP contribution in [0.4, 0.5) is 17.5 Å². The Bertz CT molecular complexity index is 1060. The fourth-order valence-electron chi connectivity index (χ4n) is 4.77. The Morgan fingerprint density at radius 2 is 1.71 bits per heavy atom. The quantitative estimate of drug-likeness (QED) is 0.617. The monoisotopic (exact) mass is 436 g/mol. The Kier molecular flexibility index (Phi) is 5.81. The lowest BCUT2D eigenvalue weighted by atomic mass is 9.96. The highest BCUT2D eigenvalue weighted by Gasteiger charge is 2.21. The number of fused-ring (bicyclic) bond motifs is 1. The van der Waals surface area contributed by atoms with Gasteiger partial charge in [-0.25, -0.2) is 4.98 Å². The predicted octanol–water partition coefficient (Wildman–Crippen LogP) is 5.06. The van der Waals surface area contributed by atoms with Gasteiger partial charge in [0.15, 0.2) is 0 Å². The second kappa shape index (κ2) is 8.87. The average Bonchev–Trinajstić information content (AvgIpc) is 2.79. The lowest BCUT2D eigenvalue weighted by Crippen LogP contribution is -2.47. The first-order chi connectivity index (χ1) is 15.2. The van der Waals surface area contributed by atoms with E-state index < -0.39 is 0 Å². The van der Waals surface area contributed by atoms with E-state index in [2.05, 4.69) is 50.2 Å². The van der Waals surface area contributed by atoms with Crippen LogP contribution in [0.1, 0.15) is 37.8 Å². The molecule has 0 spiro atoms. The number of nitrogens with one attached hydrogen (secondary N) is 1. The summed E-state index contributed by atoms with van der Waals surface area (Å²) in [5.41, 5.74) is 3.18. The fraction of sp³-hybridized carbons (Fsp3) is 0.458. The third-order valence-corrected chi connectivity index (χ3v) is 6.64. The predicted molar refractivity (Wildman–Crippen MR) is 128 cm³/mol. The van der Waals surface area contributed by atoms with Gasteiger partial charge in [0.25, 0.3) is 0 Å². The molecule has 1 N–H and O–H groups in total. The summed E-state index contributed by atoms with van der Waals surface area (Å²) in [5, 5.41) is 5.45. The SMILES string of the molecule is Cc1cc(N2CCN(c3ccnc4cc(Cl)ccc34)CC2)nc(NC2CCCCC2)n1. The molecule has 6 nitrogen and oxygen atoms in total. The van der Waals surface area contributed by atoms with E-state index in [0.29, 0.717) is 6.04 Å². The molecule has 0 atom stereocenters. The van der Waals surface area contributed by atoms with Gasteiger partial charge in [0.1, 0.15) is 5.82 Å². The Labute approximate surface area is 188 Å². The lowest BCUT2D eigenvalue weighted by Gasteiger charge is -2.37. The molecule has 3 heterocycles. The van der Waals surface area contributed by atoms with Gasteiger partial charge in [0.05, 0.1) is 5.52 Å². The zero-order valence-corrected chi connectivity index (χ0v) is 18.8. The van der Waals surface area contributed by atoms with Gasteiger partial charge < -0.3 is 15.1 Å². The van der Waals surface area contributed by atoms with Crippen LogP contribution in [-0.4, -0.2) is 47.2 Å². The van der Waals surface area contributed by atoms with E-state index in [1.165, 1.54) is 37.8 Å². The van der Waals surface area contributed by atoms with Gasteiger partial charge in [-0.2, -0.15) is 4.98 Å². The average molecular weight is 437 g/mol. The Morgan fingerprint density at radius 3 is 2.52 bits per heavy atom. The Hall–Kier alpha value is -2.60. The largest absolute Gasteiger partial charge is 0.367 e. The Morgan fingerprint density at radius 1 is 0.935 bits per heavy atom. The molecule has 2 aromatic heterocycles. The van der Waals surface area contributed by atoms with Crippen LogP contribution in [0.2, 0.25) is 5.02 Å². The van der Waals surface area contributed by atoms with Crippen molar-refractivity contribution in [2.24, 2.45) is 0 Å². The van der Waals surface area contributed by atoms with Crippen molar-refractivity contribution in [1.29, 1.82) is 0 Å². The second-order valence-corrected chi connectivity index (χ2v) is 9.07. The van der Waals surface area contributed by atoms with Crippen LogP contribution in [0.25, 0.3) is 10.9 Å². The number of hydrogen-bond donors (Lipinski definition) is 1. The molecule has 0 unspecified atom stereocenters. The van der Waals surface area contributed by atoms with Crippen molar-refractivity contribution < 1.29 is 0 Å². The molecule has 0 bridgehead atoms. The molecular formula is C24H29ClN6. The molecule has 0 radical (unpaired) electrons. The van der Waals surface area contributed by atoms with Gasteiger partial charge >= 0.3 is 0 Å². The van der Waals surface area contributed by atoms with Crippen LogP contribution in [0.3, 0.4) is 0 Å². The standard InChI is InChI=1S/C24H29ClN6/c1-17-15-23(29-24(27-17)28-19-5-3-2-4-6-19)31-13-11-30(12-14-31)22-9-10-26-21-16-18(25)7-8-20(21)22/h7-10,15-16,19H,2-6,11-14H2,1H3,(H,27,28,29). The summed E-state index contributed by atoms with van der Waals surface area (Å²) < 4.78 is 0. The number of pyridine rings is 1. The number of hydrogen-bond acceptors (Lipinski definition) is 6. The highest BCUT2D eigenvalue weighted by Crippen LogP contribution is 2.29. The fourth-order valence-corrected chi connectivity index (χ4v) is 4.93. The number of benzene rings is 1. The number of aryl methyl sites for hydroxylation is 1. The molecule has 1 aliphatic heterocycles. The van der Waals surface area contributed by atoms with Gasteiger partial charge in [-0.05, 0) is 44.0 Å². The van der Waals surface area contributed by atoms with E-state index in [1.54, 1.807) is 0 Å². The summed E-state index contributed by atoms with van der Waals surface area (Å²) in [7, 11) is 0. The van der Waals surface area contributed by atoms with Crippen molar-refractivity contribution in [3.05, 3.63) is 47.2 Å². The van der Waals surface area contributed by atoms with Gasteiger partial charge in [-0.1, -0.05) is 30.9 Å². The topological polar surface area (TPSA) is 57.2 Å². The van der Waals surface area contributed by atoms with E-state index in [1.807, 2.05) is 18.3 Å². The molecule has 31 heavy (non-hydrogen) atoms. The number of aromatic nitrogens is 3. The molecule has 1 saturated heterocycles. The van der Waals surface area contributed by atoms with Crippen molar-refractivity contribution >= 4 is 40.0 Å². The minimum Gasteiger partial charge on any atom is -0.367 e. The summed E-state index contributed by atoms with van der Waals surface area (Å²) >= 11 is 6.15. The van der Waals surface area contributed by atoms with Crippen molar-refractivity contribution in [3.8, 4) is 0 Å². The minimum absolute atomic E-state index is 0.508. The summed E-state index contributed by atoms with van der Waals surface area (Å²) in [4.78, 5) is 18.8. The van der Waals surface area contributed by atoms with Crippen LogP contribution in [0.15, 0.2) is 36.5 Å². The third kappa shape index (κ3) is 4.54. The molecule has 7 heteroatoms. The van der Waals surface area contributed by atoms with Crippen LogP contribution >= 0.6 is 11.6 Å². The molecule has 5 rings (SSSR count). The highest BCUT2D eigenvalue weighted by atomic mass is 35.5. The van der Waals surface area contributed by atoms with Crippen molar-refractivity contribution in [2.75, 3.05) is 41.3 Å². The zero-order valence-electron chi connectivity index (χ0n) is 18.0. The lowest BCUT2D eigenvalue weighted by molar-refractivity contribution is 0.460. The van der Waals surface area contributed by atoms with Gasteiger partial charge in [-0.3, -0.25) is 4.98 Å². The minimum atomic E-state index is 0.508. The number of nitrogens with zero attached hydrogens (tertiary/aromatic N) is 5. The maximum atomic E-state index is 6.15. The number of piperazine rings is 1. The van der Waals surface area contributed by atoms with E-state index in [-0.39, 0.29) is 0 Å². The van der Waals surface area contributed by atoms with E-state index in [4.69, 9.17) is 16.6 Å². The number of anilines is 3. The molecule has 1 saturated carbocycles. The third-order valence-electron chi connectivity index (χ3n) is 6.41. The maximum absolute atomic E-state index is 6.15. The van der Waals surface area contributed by atoms with Crippen molar-refractivity contribution in [2.45, 2.75) is 45.1 Å². The van der Waals surface area contributed by atoms with Crippen molar-refractivity contribution in [1.82, 2.24) is 15.0 Å². The van der Waals surface area contributed by atoms with Gasteiger partial charge in [0.2, 0.25) is 5.95 Å². The summed E-state index contributed by atoms with van der Waals surface area (Å²) in [5.74, 6) is 1.80. The van der Waals surface area contributed by atoms with Gasteiger partial charge in [-0.15, -0.1) is 0 Å². The second-order valence-electron chi connectivity index (χ2n) is 8.64. The van der Waals surface area contributed by atoms with Crippen LogP contribution < -0.4 is 15.1 Å². The molecule has 3 aromatic rings. The zero-order chi connectivity index (χ0) is 21.2. The summed E-state index contributed by atoms with van der Waals surface area (Å²) in [6, 6.07) is 10.7. The van der Waals surface area contributed by atoms with E-state index >= 15 is 0 Å². The van der Waals surface area contributed by atoms with E-state index in [0.717, 1.165) is 59.6 Å². The molecule has 2 aliphatic rings. The smallest absolute Gasteiger partial charge is 0.225 e. The van der Waals surface area contributed by atoms with Crippen LogP contribution in [-0.2, 0) is 0 Å². The molecule has 2 fully saturated rings. The molecular weight excluding hydrogens is 408 g/mol. The number of rotatable bonds is 4. The molecule has 1 aliphatic carbocycles. The van der Waals surface area contributed by atoms with Crippen LogP contribution in [0, 0.1) is 6.92 Å². The molecule has 162 valence electrons. The molecule has 1 aromatic carbocycles. The van der Waals surface area contributed by atoms with Crippen molar-refractivity contribution in [3.63, 3.8) is 0 Å². The first-order valence-electron chi connectivity index (χ1n) is 11.3. The Balaban J connectivity index is 1.29. The van der Waals surface area contributed by atoms with Gasteiger partial charge in [0, 0.05) is 66.3 Å². The molecule has 0 amide bonds. The first kappa shape index (κ1) is 20.3. The first-order valence-corrected chi connectivity index (χ1v) is 11.7. The number of halogens is 1. The summed E-state index contributed by atoms with van der Waals surface area (Å²) in [6.45, 7) is 5.79. The highest BCUT2D eigenvalue weighted by molar-refractivity contribution is 6.31.